The molecule has 1 N–H and O–H groups in total. The maximum absolute atomic E-state index is 12.4. The Hall–Kier alpha value is -3.89. The Balaban J connectivity index is 1.39. The van der Waals surface area contributed by atoms with Crippen molar-refractivity contribution in [1.82, 2.24) is 4.90 Å². The second-order valence-corrected chi connectivity index (χ2v) is 7.20. The fourth-order valence-corrected chi connectivity index (χ4v) is 3.14. The molecule has 3 rings (SSSR count). The van der Waals surface area contributed by atoms with Crippen LogP contribution in [0.15, 0.2) is 42.5 Å². The topological polar surface area (TPSA) is 102 Å². The molecule has 11 heteroatoms. The summed E-state index contributed by atoms with van der Waals surface area (Å²) in [6.45, 7) is 1.23. The standard InChI is InChI=1S/C22H19F3N2O6/c1-13-4-9-16-17(11-13)21(31)27(20(16)30)10-2-3-19(29)32-12-18(28)26-14-5-7-15(8-6-14)33-22(23,24)25/h4-9,11H,2-3,10,12H2,1H3,(H,26,28). The second-order valence-electron chi connectivity index (χ2n) is 7.20. The first-order valence-corrected chi connectivity index (χ1v) is 9.81. The van der Waals surface area contributed by atoms with Gasteiger partial charge in [0.05, 0.1) is 11.1 Å². The van der Waals surface area contributed by atoms with Crippen LogP contribution in [-0.2, 0) is 14.3 Å². The lowest BCUT2D eigenvalue weighted by Gasteiger charge is -2.13. The fourth-order valence-electron chi connectivity index (χ4n) is 3.14. The molecule has 174 valence electrons. The molecular weight excluding hydrogens is 445 g/mol. The van der Waals surface area contributed by atoms with E-state index in [2.05, 4.69) is 10.1 Å². The van der Waals surface area contributed by atoms with Gasteiger partial charge < -0.3 is 14.8 Å². The maximum atomic E-state index is 12.4. The number of imide groups is 1. The quantitative estimate of drug-likeness (QED) is 0.474. The van der Waals surface area contributed by atoms with Crippen molar-refractivity contribution in [1.29, 1.82) is 0 Å². The van der Waals surface area contributed by atoms with Gasteiger partial charge in [-0.25, -0.2) is 0 Å². The maximum Gasteiger partial charge on any atom is 0.573 e. The Labute approximate surface area is 186 Å². The van der Waals surface area contributed by atoms with Gasteiger partial charge in [-0.3, -0.25) is 24.1 Å². The highest BCUT2D eigenvalue weighted by Gasteiger charge is 2.35. The van der Waals surface area contributed by atoms with Gasteiger partial charge in [0, 0.05) is 18.7 Å². The average molecular weight is 464 g/mol. The van der Waals surface area contributed by atoms with Crippen molar-refractivity contribution in [2.75, 3.05) is 18.5 Å². The number of amides is 3. The smallest absolute Gasteiger partial charge is 0.456 e. The van der Waals surface area contributed by atoms with E-state index in [1.165, 1.54) is 12.1 Å². The Kier molecular flexibility index (Phi) is 7.00. The number of rotatable bonds is 8. The van der Waals surface area contributed by atoms with Crippen LogP contribution in [0.2, 0.25) is 0 Å². The Bertz CT molecular complexity index is 1080. The highest BCUT2D eigenvalue weighted by Crippen LogP contribution is 2.25. The molecule has 0 spiro atoms. The zero-order chi connectivity index (χ0) is 24.2. The summed E-state index contributed by atoms with van der Waals surface area (Å²) in [6.07, 6.45) is -4.79. The van der Waals surface area contributed by atoms with E-state index >= 15 is 0 Å². The van der Waals surface area contributed by atoms with Crippen molar-refractivity contribution in [3.05, 3.63) is 59.2 Å². The number of ether oxygens (including phenoxy) is 2. The molecule has 0 saturated carbocycles. The first-order valence-electron chi connectivity index (χ1n) is 9.81. The summed E-state index contributed by atoms with van der Waals surface area (Å²) < 4.78 is 45.0. The van der Waals surface area contributed by atoms with Crippen molar-refractivity contribution in [3.63, 3.8) is 0 Å². The van der Waals surface area contributed by atoms with Crippen molar-refractivity contribution in [2.24, 2.45) is 0 Å². The van der Waals surface area contributed by atoms with E-state index < -0.39 is 42.4 Å². The Morgan fingerprint density at radius 3 is 2.33 bits per heavy atom. The number of halogens is 3. The van der Waals surface area contributed by atoms with Gasteiger partial charge in [-0.1, -0.05) is 11.6 Å². The van der Waals surface area contributed by atoms with Crippen LogP contribution in [0.1, 0.15) is 39.1 Å². The van der Waals surface area contributed by atoms with Crippen LogP contribution in [0.5, 0.6) is 5.75 Å². The third-order valence-corrected chi connectivity index (χ3v) is 4.62. The van der Waals surface area contributed by atoms with Crippen LogP contribution in [-0.4, -0.2) is 48.1 Å². The largest absolute Gasteiger partial charge is 0.573 e. The number of fused-ring (bicyclic) bond motifs is 1. The van der Waals surface area contributed by atoms with Gasteiger partial charge in [0.15, 0.2) is 6.61 Å². The molecular formula is C22H19F3N2O6. The number of aryl methyl sites for hydroxylation is 1. The predicted octanol–water partition coefficient (Wildman–Crippen LogP) is 3.45. The minimum atomic E-state index is -4.82. The van der Waals surface area contributed by atoms with Gasteiger partial charge in [-0.15, -0.1) is 13.2 Å². The lowest BCUT2D eigenvalue weighted by atomic mass is 10.1. The van der Waals surface area contributed by atoms with Gasteiger partial charge in [-0.2, -0.15) is 0 Å². The zero-order valence-electron chi connectivity index (χ0n) is 17.4. The van der Waals surface area contributed by atoms with Crippen LogP contribution < -0.4 is 10.1 Å². The third kappa shape index (κ3) is 6.31. The van der Waals surface area contributed by atoms with E-state index in [-0.39, 0.29) is 25.1 Å². The van der Waals surface area contributed by atoms with Crippen molar-refractivity contribution in [2.45, 2.75) is 26.1 Å². The number of alkyl halides is 3. The molecule has 0 atom stereocenters. The molecule has 3 amide bonds. The van der Waals surface area contributed by atoms with Gasteiger partial charge in [0.1, 0.15) is 5.75 Å². The number of anilines is 1. The molecule has 1 aliphatic heterocycles. The SMILES string of the molecule is Cc1ccc2c(c1)C(=O)N(CCCC(=O)OCC(=O)Nc1ccc(OC(F)(F)F)cc1)C2=O. The van der Waals surface area contributed by atoms with E-state index in [0.717, 1.165) is 22.6 Å². The number of carbonyl (C=O) groups excluding carboxylic acids is 4. The highest BCUT2D eigenvalue weighted by molar-refractivity contribution is 6.21. The third-order valence-electron chi connectivity index (χ3n) is 4.62. The molecule has 2 aromatic carbocycles. The number of benzene rings is 2. The number of carbonyl (C=O) groups is 4. The van der Waals surface area contributed by atoms with Crippen LogP contribution in [0, 0.1) is 6.92 Å². The van der Waals surface area contributed by atoms with E-state index in [1.807, 2.05) is 6.92 Å². The number of esters is 1. The fraction of sp³-hybridized carbons (Fsp3) is 0.273. The normalized spacial score (nSPS) is 13.0. The summed E-state index contributed by atoms with van der Waals surface area (Å²) in [5.74, 6) is -2.68. The minimum Gasteiger partial charge on any atom is -0.456 e. The monoisotopic (exact) mass is 464 g/mol. The number of hydrogen-bond acceptors (Lipinski definition) is 6. The molecule has 33 heavy (non-hydrogen) atoms. The average Bonchev–Trinajstić information content (AvgIpc) is 2.97. The van der Waals surface area contributed by atoms with Gasteiger partial charge in [0.25, 0.3) is 17.7 Å². The lowest BCUT2D eigenvalue weighted by Crippen LogP contribution is -2.31. The number of nitrogens with one attached hydrogen (secondary N) is 1. The first kappa shape index (κ1) is 23.8. The summed E-state index contributed by atoms with van der Waals surface area (Å²) in [5, 5.41) is 2.36. The van der Waals surface area contributed by atoms with Gasteiger partial charge in [-0.05, 0) is 49.7 Å². The summed E-state index contributed by atoms with van der Waals surface area (Å²) >= 11 is 0. The van der Waals surface area contributed by atoms with E-state index in [1.54, 1.807) is 18.2 Å². The van der Waals surface area contributed by atoms with Crippen molar-refractivity contribution >= 4 is 29.4 Å². The molecule has 2 aromatic rings. The Morgan fingerprint density at radius 1 is 1.00 bits per heavy atom. The highest BCUT2D eigenvalue weighted by atomic mass is 19.4. The molecule has 1 heterocycles. The molecule has 0 unspecified atom stereocenters. The second kappa shape index (κ2) is 9.72. The summed E-state index contributed by atoms with van der Waals surface area (Å²) in [5.41, 5.74) is 1.69. The molecule has 8 nitrogen and oxygen atoms in total. The molecule has 0 bridgehead atoms. The number of nitrogens with zero attached hydrogens (tertiary/aromatic N) is 1. The van der Waals surface area contributed by atoms with Gasteiger partial charge >= 0.3 is 12.3 Å². The van der Waals surface area contributed by atoms with Crippen LogP contribution in [0.25, 0.3) is 0 Å². The molecule has 0 aliphatic carbocycles. The molecule has 0 saturated heterocycles. The number of hydrogen-bond donors (Lipinski definition) is 1. The van der Waals surface area contributed by atoms with Crippen LogP contribution >= 0.6 is 0 Å². The van der Waals surface area contributed by atoms with Crippen molar-refractivity contribution in [3.8, 4) is 5.75 Å². The Morgan fingerprint density at radius 2 is 1.67 bits per heavy atom. The van der Waals surface area contributed by atoms with Crippen molar-refractivity contribution < 1.29 is 41.8 Å². The molecule has 0 fully saturated rings. The van der Waals surface area contributed by atoms with E-state index in [0.29, 0.717) is 11.1 Å². The van der Waals surface area contributed by atoms with Crippen LogP contribution in [0.3, 0.4) is 0 Å². The molecule has 0 aromatic heterocycles. The summed E-state index contributed by atoms with van der Waals surface area (Å²) in [7, 11) is 0. The van der Waals surface area contributed by atoms with Crippen LogP contribution in [0.4, 0.5) is 18.9 Å². The minimum absolute atomic E-state index is 0.0268. The van der Waals surface area contributed by atoms with Gasteiger partial charge in [0.2, 0.25) is 0 Å². The zero-order valence-corrected chi connectivity index (χ0v) is 17.4. The predicted molar refractivity (Wildman–Crippen MR) is 108 cm³/mol. The molecule has 0 radical (unpaired) electrons. The van der Waals surface area contributed by atoms with E-state index in [4.69, 9.17) is 4.74 Å². The summed E-state index contributed by atoms with van der Waals surface area (Å²) in [4.78, 5) is 49.5. The summed E-state index contributed by atoms with van der Waals surface area (Å²) in [6, 6.07) is 9.41. The molecule has 1 aliphatic rings. The van der Waals surface area contributed by atoms with E-state index in [9.17, 15) is 32.3 Å². The lowest BCUT2D eigenvalue weighted by molar-refractivity contribution is -0.274. The first-order chi connectivity index (χ1) is 15.5.